The van der Waals surface area contributed by atoms with E-state index in [2.05, 4.69) is 26.2 Å². The Labute approximate surface area is 168 Å². The SMILES string of the molecule is CC(C)(C)[C@@H]1CCc2c(C(=O)NN3C(=O)[C@@H]4[C@H](C3=O)[C@@H]3CC[C@@H]4O3)csc2C1. The van der Waals surface area contributed by atoms with Gasteiger partial charge in [-0.25, -0.2) is 0 Å². The number of nitrogens with one attached hydrogen (secondary N) is 1. The van der Waals surface area contributed by atoms with Crippen molar-refractivity contribution < 1.29 is 19.1 Å². The van der Waals surface area contributed by atoms with Crippen molar-refractivity contribution in [2.24, 2.45) is 23.2 Å². The lowest BCUT2D eigenvalue weighted by Crippen LogP contribution is -2.48. The smallest absolute Gasteiger partial charge is 0.271 e. The molecule has 0 saturated carbocycles. The molecule has 3 fully saturated rings. The molecule has 1 aromatic rings. The van der Waals surface area contributed by atoms with Crippen LogP contribution in [0, 0.1) is 23.2 Å². The Bertz CT molecular complexity index is 842. The highest BCUT2D eigenvalue weighted by atomic mass is 32.1. The molecule has 5 rings (SSSR count). The fraction of sp³-hybridized carbons (Fsp3) is 0.667. The number of amides is 3. The lowest BCUT2D eigenvalue weighted by Gasteiger charge is -2.34. The molecule has 1 aliphatic carbocycles. The Morgan fingerprint density at radius 2 is 1.79 bits per heavy atom. The van der Waals surface area contributed by atoms with Crippen molar-refractivity contribution in [3.05, 3.63) is 21.4 Å². The summed E-state index contributed by atoms with van der Waals surface area (Å²) in [4.78, 5) is 39.7. The standard InChI is InChI=1S/C21H26N2O4S/c1-21(2,3)10-4-5-11-12(9-28-15(11)8-10)18(24)22-23-19(25)16-13-6-7-14(27-13)17(16)20(23)26/h9-10,13-14,16-17H,4-8H2,1-3H3,(H,22,24)/t10-,13+,14+,16-,17+/m1/s1. The maximum absolute atomic E-state index is 12.9. The number of fused-ring (bicyclic) bond motifs is 6. The number of hydrogen-bond donors (Lipinski definition) is 1. The molecule has 3 aliphatic heterocycles. The van der Waals surface area contributed by atoms with Crippen LogP contribution in [0.3, 0.4) is 0 Å². The van der Waals surface area contributed by atoms with E-state index in [-0.39, 0.29) is 35.3 Å². The average molecular weight is 403 g/mol. The van der Waals surface area contributed by atoms with E-state index in [1.165, 1.54) is 4.88 Å². The summed E-state index contributed by atoms with van der Waals surface area (Å²) >= 11 is 1.62. The summed E-state index contributed by atoms with van der Waals surface area (Å²) in [6.07, 6.45) is 4.21. The fourth-order valence-electron chi connectivity index (χ4n) is 5.43. The number of hydrogen-bond acceptors (Lipinski definition) is 5. The summed E-state index contributed by atoms with van der Waals surface area (Å²) in [6.45, 7) is 6.80. The zero-order chi connectivity index (χ0) is 19.8. The number of nitrogens with zero attached hydrogens (tertiary/aromatic N) is 1. The Morgan fingerprint density at radius 1 is 1.14 bits per heavy atom. The summed E-state index contributed by atoms with van der Waals surface area (Å²) in [5, 5.41) is 2.85. The van der Waals surface area contributed by atoms with E-state index in [9.17, 15) is 14.4 Å². The molecule has 4 heterocycles. The zero-order valence-electron chi connectivity index (χ0n) is 16.5. The molecule has 0 unspecified atom stereocenters. The first-order chi connectivity index (χ1) is 13.3. The summed E-state index contributed by atoms with van der Waals surface area (Å²) in [6, 6.07) is 0. The van der Waals surface area contributed by atoms with Gasteiger partial charge < -0.3 is 4.74 Å². The van der Waals surface area contributed by atoms with Crippen molar-refractivity contribution >= 4 is 29.1 Å². The second-order valence-electron chi connectivity index (χ2n) is 9.65. The zero-order valence-corrected chi connectivity index (χ0v) is 17.3. The van der Waals surface area contributed by atoms with Gasteiger partial charge in [0.05, 0.1) is 29.6 Å². The van der Waals surface area contributed by atoms with E-state index in [1.54, 1.807) is 11.3 Å². The molecule has 1 aromatic heterocycles. The second-order valence-corrected chi connectivity index (χ2v) is 10.6. The Morgan fingerprint density at radius 3 is 2.39 bits per heavy atom. The molecule has 1 N–H and O–H groups in total. The van der Waals surface area contributed by atoms with E-state index in [0.29, 0.717) is 11.5 Å². The fourth-order valence-corrected chi connectivity index (χ4v) is 6.59. The first kappa shape index (κ1) is 18.3. The van der Waals surface area contributed by atoms with Crippen LogP contribution in [0.1, 0.15) is 60.8 Å². The Kier molecular flexibility index (Phi) is 4.01. The first-order valence-corrected chi connectivity index (χ1v) is 11.1. The molecule has 7 heteroatoms. The molecule has 2 bridgehead atoms. The Hall–Kier alpha value is -1.73. The van der Waals surface area contributed by atoms with Gasteiger partial charge in [0.1, 0.15) is 0 Å². The van der Waals surface area contributed by atoms with Crippen LogP contribution >= 0.6 is 11.3 Å². The van der Waals surface area contributed by atoms with Gasteiger partial charge in [-0.1, -0.05) is 20.8 Å². The number of thiophene rings is 1. The van der Waals surface area contributed by atoms with E-state index in [1.807, 2.05) is 5.38 Å². The van der Waals surface area contributed by atoms with Gasteiger partial charge >= 0.3 is 0 Å². The molecular weight excluding hydrogens is 376 g/mol. The molecule has 6 nitrogen and oxygen atoms in total. The number of imide groups is 1. The van der Waals surface area contributed by atoms with Crippen LogP contribution in [0.5, 0.6) is 0 Å². The van der Waals surface area contributed by atoms with Gasteiger partial charge in [0.15, 0.2) is 0 Å². The number of carbonyl (C=O) groups excluding carboxylic acids is 3. The summed E-state index contributed by atoms with van der Waals surface area (Å²) in [5.74, 6) is -1.21. The van der Waals surface area contributed by atoms with Gasteiger partial charge in [-0.2, -0.15) is 5.01 Å². The highest BCUT2D eigenvalue weighted by Gasteiger charge is 2.63. The van der Waals surface area contributed by atoms with Gasteiger partial charge in [-0.05, 0) is 49.0 Å². The predicted octanol–water partition coefficient (Wildman–Crippen LogP) is 2.71. The van der Waals surface area contributed by atoms with Crippen molar-refractivity contribution in [1.82, 2.24) is 10.4 Å². The quantitative estimate of drug-likeness (QED) is 0.772. The van der Waals surface area contributed by atoms with E-state index >= 15 is 0 Å². The summed E-state index contributed by atoms with van der Waals surface area (Å²) in [5.41, 5.74) is 4.57. The highest BCUT2D eigenvalue weighted by molar-refractivity contribution is 7.10. The van der Waals surface area contributed by atoms with Crippen LogP contribution in [-0.4, -0.2) is 34.9 Å². The molecule has 4 aliphatic rings. The van der Waals surface area contributed by atoms with E-state index in [4.69, 9.17) is 4.74 Å². The molecule has 5 atom stereocenters. The number of hydrazine groups is 1. The molecule has 3 amide bonds. The van der Waals surface area contributed by atoms with Gasteiger partial charge in [0, 0.05) is 10.3 Å². The first-order valence-electron chi connectivity index (χ1n) is 10.2. The number of rotatable bonds is 2. The van der Waals surface area contributed by atoms with Crippen LogP contribution in [0.4, 0.5) is 0 Å². The third-order valence-corrected chi connectivity index (χ3v) is 8.17. The molecule has 150 valence electrons. The number of carbonyl (C=O) groups is 3. The normalized spacial score (nSPS) is 34.0. The second kappa shape index (κ2) is 6.13. The predicted molar refractivity (Wildman–Crippen MR) is 103 cm³/mol. The maximum Gasteiger partial charge on any atom is 0.271 e. The molecule has 0 radical (unpaired) electrons. The van der Waals surface area contributed by atoms with Crippen molar-refractivity contribution in [2.75, 3.05) is 0 Å². The summed E-state index contributed by atoms with van der Waals surface area (Å²) < 4.78 is 5.74. The van der Waals surface area contributed by atoms with Gasteiger partial charge in [0.25, 0.3) is 17.7 Å². The lowest BCUT2D eigenvalue weighted by atomic mass is 9.72. The van der Waals surface area contributed by atoms with Crippen LogP contribution in [-0.2, 0) is 27.2 Å². The van der Waals surface area contributed by atoms with Crippen LogP contribution in [0.25, 0.3) is 0 Å². The molecule has 28 heavy (non-hydrogen) atoms. The summed E-state index contributed by atoms with van der Waals surface area (Å²) in [7, 11) is 0. The van der Waals surface area contributed by atoms with Crippen molar-refractivity contribution in [3.63, 3.8) is 0 Å². The third kappa shape index (κ3) is 2.59. The van der Waals surface area contributed by atoms with E-state index in [0.717, 1.165) is 42.7 Å². The van der Waals surface area contributed by atoms with Crippen molar-refractivity contribution in [2.45, 2.75) is 65.1 Å². The van der Waals surface area contributed by atoms with Gasteiger partial charge in [-0.3, -0.25) is 19.8 Å². The average Bonchev–Trinajstić information content (AvgIpc) is 3.39. The monoisotopic (exact) mass is 402 g/mol. The highest BCUT2D eigenvalue weighted by Crippen LogP contribution is 2.48. The van der Waals surface area contributed by atoms with Crippen molar-refractivity contribution in [3.8, 4) is 0 Å². The van der Waals surface area contributed by atoms with Gasteiger partial charge in [0.2, 0.25) is 0 Å². The molecule has 0 spiro atoms. The largest absolute Gasteiger partial charge is 0.373 e. The Balaban J connectivity index is 1.33. The molecule has 3 saturated heterocycles. The lowest BCUT2D eigenvalue weighted by molar-refractivity contribution is -0.145. The van der Waals surface area contributed by atoms with Crippen molar-refractivity contribution in [1.29, 1.82) is 0 Å². The topological polar surface area (TPSA) is 75.7 Å². The maximum atomic E-state index is 12.9. The third-order valence-electron chi connectivity index (χ3n) is 7.12. The number of ether oxygens (including phenoxy) is 1. The molecule has 0 aromatic carbocycles. The minimum Gasteiger partial charge on any atom is -0.373 e. The van der Waals surface area contributed by atoms with Crippen LogP contribution in [0.15, 0.2) is 5.38 Å². The molecular formula is C21H26N2O4S. The van der Waals surface area contributed by atoms with Crippen LogP contribution in [0.2, 0.25) is 0 Å². The van der Waals surface area contributed by atoms with Crippen LogP contribution < -0.4 is 5.43 Å². The van der Waals surface area contributed by atoms with E-state index < -0.39 is 11.8 Å². The minimum atomic E-state index is -0.421. The van der Waals surface area contributed by atoms with Gasteiger partial charge in [-0.15, -0.1) is 11.3 Å². The minimum absolute atomic E-state index is 0.170.